The Hall–Kier alpha value is -0.640. The maximum Gasteiger partial charge on any atom is 0.0499 e. The second kappa shape index (κ2) is 6.00. The van der Waals surface area contributed by atoms with E-state index in [-0.39, 0.29) is 6.04 Å². The molecule has 0 aliphatic carbocycles. The minimum absolute atomic E-state index is 0.137. The van der Waals surface area contributed by atoms with Gasteiger partial charge in [-0.25, -0.2) is 0 Å². The van der Waals surface area contributed by atoms with Gasteiger partial charge in [-0.05, 0) is 38.0 Å². The van der Waals surface area contributed by atoms with E-state index in [1.807, 2.05) is 0 Å². The van der Waals surface area contributed by atoms with Gasteiger partial charge in [0, 0.05) is 29.6 Å². The Morgan fingerprint density at radius 1 is 1.28 bits per heavy atom. The van der Waals surface area contributed by atoms with Crippen molar-refractivity contribution in [3.05, 3.63) is 46.0 Å². The lowest BCUT2D eigenvalue weighted by molar-refractivity contribution is 0.190. The molecule has 0 spiro atoms. The van der Waals surface area contributed by atoms with Gasteiger partial charge in [-0.15, -0.1) is 0 Å². The molecule has 18 heavy (non-hydrogen) atoms. The SMILES string of the molecule is CC1=CCN(C(c2ccc(Br)cc2)C(C)N)CC1. The van der Waals surface area contributed by atoms with Gasteiger partial charge in [0.05, 0.1) is 0 Å². The predicted molar refractivity (Wildman–Crippen MR) is 80.5 cm³/mol. The summed E-state index contributed by atoms with van der Waals surface area (Å²) in [6.07, 6.45) is 3.47. The van der Waals surface area contributed by atoms with Crippen molar-refractivity contribution in [2.24, 2.45) is 5.73 Å². The summed E-state index contributed by atoms with van der Waals surface area (Å²) in [5.74, 6) is 0. The molecule has 0 radical (unpaired) electrons. The molecule has 1 aromatic carbocycles. The zero-order chi connectivity index (χ0) is 13.1. The van der Waals surface area contributed by atoms with Crippen molar-refractivity contribution in [1.82, 2.24) is 4.90 Å². The molecule has 0 amide bonds. The normalized spacial score (nSPS) is 20.3. The summed E-state index contributed by atoms with van der Waals surface area (Å²) in [6, 6.07) is 8.97. The van der Waals surface area contributed by atoms with Crippen LogP contribution in [-0.2, 0) is 0 Å². The highest BCUT2D eigenvalue weighted by atomic mass is 79.9. The van der Waals surface area contributed by atoms with Gasteiger partial charge in [-0.2, -0.15) is 0 Å². The van der Waals surface area contributed by atoms with Crippen LogP contribution in [-0.4, -0.2) is 24.0 Å². The number of nitrogens with zero attached hydrogens (tertiary/aromatic N) is 1. The van der Waals surface area contributed by atoms with Gasteiger partial charge in [0.15, 0.2) is 0 Å². The van der Waals surface area contributed by atoms with Crippen LogP contribution in [0.2, 0.25) is 0 Å². The topological polar surface area (TPSA) is 29.3 Å². The molecule has 2 unspecified atom stereocenters. The van der Waals surface area contributed by atoms with Crippen LogP contribution in [0.3, 0.4) is 0 Å². The first kappa shape index (κ1) is 13.8. The number of hydrogen-bond acceptors (Lipinski definition) is 2. The Balaban J connectivity index is 2.21. The Labute approximate surface area is 118 Å². The number of hydrogen-bond donors (Lipinski definition) is 1. The van der Waals surface area contributed by atoms with Crippen molar-refractivity contribution < 1.29 is 0 Å². The summed E-state index contributed by atoms with van der Waals surface area (Å²) < 4.78 is 1.11. The third-order valence-corrected chi connectivity index (χ3v) is 4.10. The predicted octanol–water partition coefficient (Wildman–Crippen LogP) is 3.49. The van der Waals surface area contributed by atoms with E-state index >= 15 is 0 Å². The summed E-state index contributed by atoms with van der Waals surface area (Å²) in [4.78, 5) is 2.47. The molecule has 0 fully saturated rings. The molecule has 0 aromatic heterocycles. The molecule has 2 rings (SSSR count). The summed E-state index contributed by atoms with van der Waals surface area (Å²) in [7, 11) is 0. The zero-order valence-electron chi connectivity index (χ0n) is 11.1. The minimum Gasteiger partial charge on any atom is -0.326 e. The number of benzene rings is 1. The zero-order valence-corrected chi connectivity index (χ0v) is 12.7. The third-order valence-electron chi connectivity index (χ3n) is 3.57. The average molecular weight is 309 g/mol. The quantitative estimate of drug-likeness (QED) is 0.866. The van der Waals surface area contributed by atoms with Crippen molar-refractivity contribution in [2.75, 3.05) is 13.1 Å². The van der Waals surface area contributed by atoms with E-state index in [4.69, 9.17) is 5.73 Å². The maximum atomic E-state index is 6.20. The van der Waals surface area contributed by atoms with Crippen LogP contribution in [0.1, 0.15) is 31.9 Å². The van der Waals surface area contributed by atoms with E-state index in [2.05, 4.69) is 65.0 Å². The van der Waals surface area contributed by atoms with E-state index in [1.165, 1.54) is 11.1 Å². The molecule has 1 aliphatic rings. The van der Waals surface area contributed by atoms with Gasteiger partial charge in [0.25, 0.3) is 0 Å². The second-order valence-corrected chi connectivity index (χ2v) is 6.07. The molecular formula is C15H21BrN2. The number of nitrogens with two attached hydrogens (primary N) is 1. The average Bonchev–Trinajstić information content (AvgIpc) is 2.34. The Morgan fingerprint density at radius 2 is 1.94 bits per heavy atom. The van der Waals surface area contributed by atoms with E-state index < -0.39 is 0 Å². The van der Waals surface area contributed by atoms with Gasteiger partial charge < -0.3 is 5.73 Å². The van der Waals surface area contributed by atoms with Crippen molar-refractivity contribution >= 4 is 15.9 Å². The standard InChI is InChI=1S/C15H21BrN2/c1-11-7-9-18(10-8-11)15(12(2)17)13-3-5-14(16)6-4-13/h3-7,12,15H,8-10,17H2,1-2H3. The molecule has 1 aromatic rings. The molecule has 98 valence electrons. The molecule has 0 bridgehead atoms. The first-order valence-electron chi connectivity index (χ1n) is 6.48. The van der Waals surface area contributed by atoms with E-state index in [9.17, 15) is 0 Å². The monoisotopic (exact) mass is 308 g/mol. The van der Waals surface area contributed by atoms with Crippen LogP contribution in [0.4, 0.5) is 0 Å². The summed E-state index contributed by atoms with van der Waals surface area (Å²) in [5.41, 5.74) is 9.00. The lowest BCUT2D eigenvalue weighted by Crippen LogP contribution is -2.41. The smallest absolute Gasteiger partial charge is 0.0499 e. The van der Waals surface area contributed by atoms with Crippen LogP contribution in [0.15, 0.2) is 40.4 Å². The van der Waals surface area contributed by atoms with E-state index in [0.717, 1.165) is 24.0 Å². The third kappa shape index (κ3) is 3.22. The minimum atomic E-state index is 0.137. The van der Waals surface area contributed by atoms with Gasteiger partial charge >= 0.3 is 0 Å². The van der Waals surface area contributed by atoms with Gasteiger partial charge in [0.2, 0.25) is 0 Å². The summed E-state index contributed by atoms with van der Waals surface area (Å²) in [5, 5.41) is 0. The molecular weight excluding hydrogens is 288 g/mol. The fraction of sp³-hybridized carbons (Fsp3) is 0.467. The number of halogens is 1. The summed E-state index contributed by atoms with van der Waals surface area (Å²) >= 11 is 3.48. The lowest BCUT2D eigenvalue weighted by atomic mass is 9.97. The van der Waals surface area contributed by atoms with E-state index in [1.54, 1.807) is 0 Å². The lowest BCUT2D eigenvalue weighted by Gasteiger charge is -2.36. The highest BCUT2D eigenvalue weighted by Crippen LogP contribution is 2.27. The van der Waals surface area contributed by atoms with Crippen molar-refractivity contribution in [2.45, 2.75) is 32.4 Å². The van der Waals surface area contributed by atoms with Crippen molar-refractivity contribution in [3.63, 3.8) is 0 Å². The molecule has 2 nitrogen and oxygen atoms in total. The number of rotatable bonds is 3. The van der Waals surface area contributed by atoms with Crippen LogP contribution in [0.5, 0.6) is 0 Å². The molecule has 0 saturated carbocycles. The van der Waals surface area contributed by atoms with Crippen molar-refractivity contribution in [1.29, 1.82) is 0 Å². The van der Waals surface area contributed by atoms with E-state index in [0.29, 0.717) is 6.04 Å². The molecule has 3 heteroatoms. The molecule has 2 N–H and O–H groups in total. The fourth-order valence-electron chi connectivity index (χ4n) is 2.55. The highest BCUT2D eigenvalue weighted by molar-refractivity contribution is 9.10. The molecule has 0 saturated heterocycles. The van der Waals surface area contributed by atoms with Gasteiger partial charge in [0.1, 0.15) is 0 Å². The first-order valence-corrected chi connectivity index (χ1v) is 7.28. The summed E-state index contributed by atoms with van der Waals surface area (Å²) in [6.45, 7) is 6.41. The van der Waals surface area contributed by atoms with Crippen LogP contribution < -0.4 is 5.73 Å². The largest absolute Gasteiger partial charge is 0.326 e. The second-order valence-electron chi connectivity index (χ2n) is 5.15. The Morgan fingerprint density at radius 3 is 2.44 bits per heavy atom. The van der Waals surface area contributed by atoms with Gasteiger partial charge in [-0.1, -0.05) is 39.7 Å². The molecule has 2 atom stereocenters. The fourth-order valence-corrected chi connectivity index (χ4v) is 2.81. The Bertz CT molecular complexity index is 423. The first-order chi connectivity index (χ1) is 8.58. The van der Waals surface area contributed by atoms with Crippen LogP contribution in [0.25, 0.3) is 0 Å². The van der Waals surface area contributed by atoms with Crippen LogP contribution in [0, 0.1) is 0 Å². The maximum absolute atomic E-state index is 6.20. The van der Waals surface area contributed by atoms with Crippen LogP contribution >= 0.6 is 15.9 Å². The highest BCUT2D eigenvalue weighted by Gasteiger charge is 2.24. The molecule has 1 aliphatic heterocycles. The van der Waals surface area contributed by atoms with Gasteiger partial charge in [-0.3, -0.25) is 4.90 Å². The van der Waals surface area contributed by atoms with Crippen molar-refractivity contribution in [3.8, 4) is 0 Å². The Kier molecular flexibility index (Phi) is 4.60. The molecule has 1 heterocycles.